The zero-order valence-corrected chi connectivity index (χ0v) is 16.9. The highest BCUT2D eigenvalue weighted by molar-refractivity contribution is 5.96. The van der Waals surface area contributed by atoms with E-state index in [1.54, 1.807) is 6.26 Å². The highest BCUT2D eigenvalue weighted by Crippen LogP contribution is 2.27. The van der Waals surface area contributed by atoms with Crippen LogP contribution in [0.25, 0.3) is 11.5 Å². The van der Waals surface area contributed by atoms with Crippen molar-refractivity contribution in [1.82, 2.24) is 10.2 Å². The molecule has 1 aliphatic rings. The quantitative estimate of drug-likeness (QED) is 0.649. The summed E-state index contributed by atoms with van der Waals surface area (Å²) >= 11 is 0. The zero-order valence-electron chi connectivity index (χ0n) is 16.9. The van der Waals surface area contributed by atoms with Crippen molar-refractivity contribution < 1.29 is 9.21 Å². The van der Waals surface area contributed by atoms with E-state index in [2.05, 4.69) is 28.1 Å². The molecule has 0 aliphatic carbocycles. The van der Waals surface area contributed by atoms with Crippen molar-refractivity contribution >= 4 is 17.4 Å². The Bertz CT molecular complexity index is 953. The van der Waals surface area contributed by atoms with Gasteiger partial charge < -0.3 is 14.2 Å². The van der Waals surface area contributed by atoms with Gasteiger partial charge in [-0.1, -0.05) is 18.2 Å². The van der Waals surface area contributed by atoms with Crippen LogP contribution < -0.4 is 9.80 Å². The Hall–Kier alpha value is -3.15. The minimum Gasteiger partial charge on any atom is -0.463 e. The van der Waals surface area contributed by atoms with Crippen molar-refractivity contribution in [2.45, 2.75) is 26.7 Å². The van der Waals surface area contributed by atoms with Gasteiger partial charge in [0.15, 0.2) is 11.6 Å². The van der Waals surface area contributed by atoms with Gasteiger partial charge in [0, 0.05) is 25.3 Å². The Labute approximate surface area is 171 Å². The summed E-state index contributed by atoms with van der Waals surface area (Å²) in [5.41, 5.74) is 2.83. The van der Waals surface area contributed by atoms with Crippen LogP contribution in [0.15, 0.2) is 59.2 Å². The maximum Gasteiger partial charge on any atom is 0.231 e. The average molecular weight is 390 g/mol. The van der Waals surface area contributed by atoms with Crippen LogP contribution in [0.5, 0.6) is 0 Å². The molecule has 1 aromatic carbocycles. The first-order valence-electron chi connectivity index (χ1n) is 10.2. The first-order valence-corrected chi connectivity index (χ1v) is 10.2. The fraction of sp³-hybridized carbons (Fsp3) is 0.348. The Morgan fingerprint density at radius 3 is 2.72 bits per heavy atom. The molecule has 2 aromatic heterocycles. The molecule has 1 atom stereocenters. The van der Waals surface area contributed by atoms with E-state index in [1.807, 2.05) is 54.3 Å². The van der Waals surface area contributed by atoms with E-state index in [-0.39, 0.29) is 11.8 Å². The molecule has 3 aromatic rings. The van der Waals surface area contributed by atoms with Crippen molar-refractivity contribution in [2.75, 3.05) is 29.4 Å². The largest absolute Gasteiger partial charge is 0.463 e. The normalized spacial score (nSPS) is 16.6. The fourth-order valence-corrected chi connectivity index (χ4v) is 3.97. The average Bonchev–Trinajstić information content (AvgIpc) is 3.31. The minimum absolute atomic E-state index is 0.0464. The summed E-state index contributed by atoms with van der Waals surface area (Å²) in [6.45, 7) is 6.29. The van der Waals surface area contributed by atoms with Crippen LogP contribution >= 0.6 is 0 Å². The molecule has 1 amide bonds. The third-order valence-electron chi connectivity index (χ3n) is 5.51. The number of carbonyl (C=O) groups excluding carboxylic acids is 1. The number of nitrogens with zero attached hydrogens (tertiary/aromatic N) is 4. The molecule has 6 nitrogen and oxygen atoms in total. The van der Waals surface area contributed by atoms with Crippen molar-refractivity contribution in [3.8, 4) is 11.5 Å². The van der Waals surface area contributed by atoms with E-state index in [9.17, 15) is 4.79 Å². The molecule has 1 unspecified atom stereocenters. The summed E-state index contributed by atoms with van der Waals surface area (Å²) in [5.74, 6) is 1.64. The molecule has 6 heteroatoms. The Morgan fingerprint density at radius 2 is 2.03 bits per heavy atom. The monoisotopic (exact) mass is 390 g/mol. The topological polar surface area (TPSA) is 62.5 Å². The molecule has 29 heavy (non-hydrogen) atoms. The Kier molecular flexibility index (Phi) is 5.60. The van der Waals surface area contributed by atoms with Crippen molar-refractivity contribution in [3.05, 3.63) is 60.4 Å². The fourth-order valence-electron chi connectivity index (χ4n) is 3.97. The first-order chi connectivity index (χ1) is 14.2. The second kappa shape index (κ2) is 8.47. The van der Waals surface area contributed by atoms with Crippen molar-refractivity contribution in [3.63, 3.8) is 0 Å². The maximum atomic E-state index is 13.3. The molecule has 0 N–H and O–H groups in total. The van der Waals surface area contributed by atoms with Gasteiger partial charge in [-0.25, -0.2) is 0 Å². The predicted molar refractivity (Wildman–Crippen MR) is 114 cm³/mol. The standard InChI is InChI=1S/C23H26N4O2/c1-3-27(20-10-5-4-8-17(20)2)23(28)18-9-6-14-26(16-18)22-13-12-19(24-25-22)21-11-7-15-29-21/h4-5,7-8,10-13,15,18H,3,6,9,14,16H2,1-2H3. The molecule has 150 valence electrons. The summed E-state index contributed by atoms with van der Waals surface area (Å²) in [4.78, 5) is 17.4. The van der Waals surface area contributed by atoms with Gasteiger partial charge in [-0.15, -0.1) is 10.2 Å². The molecule has 1 saturated heterocycles. The van der Waals surface area contributed by atoms with Crippen LogP contribution in [0.3, 0.4) is 0 Å². The molecular formula is C23H26N4O2. The second-order valence-electron chi connectivity index (χ2n) is 7.41. The van der Waals surface area contributed by atoms with Gasteiger partial charge in [-0.2, -0.15) is 0 Å². The van der Waals surface area contributed by atoms with E-state index in [0.717, 1.165) is 36.5 Å². The van der Waals surface area contributed by atoms with E-state index in [1.165, 1.54) is 0 Å². The number of benzene rings is 1. The third-order valence-corrected chi connectivity index (χ3v) is 5.51. The van der Waals surface area contributed by atoms with Gasteiger partial charge in [0.2, 0.25) is 5.91 Å². The lowest BCUT2D eigenvalue weighted by Gasteiger charge is -2.35. The van der Waals surface area contributed by atoms with Gasteiger partial charge >= 0.3 is 0 Å². The molecule has 4 rings (SSSR count). The number of hydrogen-bond acceptors (Lipinski definition) is 5. The lowest BCUT2D eigenvalue weighted by molar-refractivity contribution is -0.122. The molecule has 1 aliphatic heterocycles. The maximum absolute atomic E-state index is 13.3. The van der Waals surface area contributed by atoms with Gasteiger partial charge in [0.25, 0.3) is 0 Å². The Morgan fingerprint density at radius 1 is 1.17 bits per heavy atom. The number of carbonyl (C=O) groups is 1. The molecular weight excluding hydrogens is 364 g/mol. The van der Waals surface area contributed by atoms with Crippen LogP contribution in [-0.2, 0) is 4.79 Å². The molecule has 0 radical (unpaired) electrons. The molecule has 0 saturated carbocycles. The number of para-hydroxylation sites is 1. The third kappa shape index (κ3) is 4.01. The summed E-state index contributed by atoms with van der Waals surface area (Å²) in [7, 11) is 0. The number of furan rings is 1. The molecule has 0 spiro atoms. The van der Waals surface area contributed by atoms with E-state index < -0.39 is 0 Å². The number of hydrogen-bond donors (Lipinski definition) is 0. The number of aromatic nitrogens is 2. The Balaban J connectivity index is 1.49. The van der Waals surface area contributed by atoms with Crippen LogP contribution in [0.4, 0.5) is 11.5 Å². The number of rotatable bonds is 5. The lowest BCUT2D eigenvalue weighted by atomic mass is 9.96. The summed E-state index contributed by atoms with van der Waals surface area (Å²) < 4.78 is 5.38. The van der Waals surface area contributed by atoms with Gasteiger partial charge in [0.1, 0.15) is 5.69 Å². The van der Waals surface area contributed by atoms with Crippen LogP contribution in [0.1, 0.15) is 25.3 Å². The lowest BCUT2D eigenvalue weighted by Crippen LogP contribution is -2.45. The van der Waals surface area contributed by atoms with Gasteiger partial charge in [0.05, 0.1) is 12.2 Å². The van der Waals surface area contributed by atoms with E-state index in [0.29, 0.717) is 24.5 Å². The molecule has 3 heterocycles. The highest BCUT2D eigenvalue weighted by Gasteiger charge is 2.30. The van der Waals surface area contributed by atoms with Gasteiger partial charge in [-0.05, 0) is 62.6 Å². The predicted octanol–water partition coefficient (Wildman–Crippen LogP) is 4.31. The SMILES string of the molecule is CCN(C(=O)C1CCCN(c2ccc(-c3ccco3)nn2)C1)c1ccccc1C. The van der Waals surface area contributed by atoms with Crippen LogP contribution in [0, 0.1) is 12.8 Å². The van der Waals surface area contributed by atoms with Crippen molar-refractivity contribution in [1.29, 1.82) is 0 Å². The smallest absolute Gasteiger partial charge is 0.231 e. The minimum atomic E-state index is -0.0464. The van der Waals surface area contributed by atoms with Crippen LogP contribution in [0.2, 0.25) is 0 Å². The van der Waals surface area contributed by atoms with E-state index >= 15 is 0 Å². The second-order valence-corrected chi connectivity index (χ2v) is 7.41. The number of aryl methyl sites for hydroxylation is 1. The van der Waals surface area contributed by atoms with Crippen molar-refractivity contribution in [2.24, 2.45) is 5.92 Å². The summed E-state index contributed by atoms with van der Waals surface area (Å²) in [5, 5.41) is 8.68. The number of amides is 1. The summed E-state index contributed by atoms with van der Waals surface area (Å²) in [6, 6.07) is 15.6. The summed E-state index contributed by atoms with van der Waals surface area (Å²) in [6.07, 6.45) is 3.48. The molecule has 1 fully saturated rings. The number of anilines is 2. The first kappa shape index (κ1) is 19.2. The van der Waals surface area contributed by atoms with Gasteiger partial charge in [-0.3, -0.25) is 4.79 Å². The highest BCUT2D eigenvalue weighted by atomic mass is 16.3. The van der Waals surface area contributed by atoms with Crippen LogP contribution in [-0.4, -0.2) is 35.7 Å². The van der Waals surface area contributed by atoms with E-state index in [4.69, 9.17) is 4.42 Å². The zero-order chi connectivity index (χ0) is 20.2. The molecule has 0 bridgehead atoms. The number of piperidine rings is 1.